The molecule has 1 saturated heterocycles. The average Bonchev–Trinajstić information content (AvgIpc) is 2.71. The van der Waals surface area contributed by atoms with Crippen molar-refractivity contribution in [2.45, 2.75) is 19.8 Å². The molecule has 21 heavy (non-hydrogen) atoms. The third kappa shape index (κ3) is 3.81. The first-order valence-corrected chi connectivity index (χ1v) is 10.2. The number of rotatable bonds is 5. The van der Waals surface area contributed by atoms with Crippen LogP contribution in [0.1, 0.15) is 19.8 Å². The molecule has 118 valence electrons. The molecule has 0 saturated carbocycles. The van der Waals surface area contributed by atoms with E-state index in [4.69, 9.17) is 11.6 Å². The second kappa shape index (κ2) is 6.02. The molecule has 1 fully saturated rings. The maximum Gasteiger partial charge on any atom is 0.235 e. The highest BCUT2D eigenvalue weighted by molar-refractivity contribution is 7.93. The molecule has 0 radical (unpaired) electrons. The second-order valence-corrected chi connectivity index (χ2v) is 9.09. The lowest BCUT2D eigenvalue weighted by molar-refractivity contribution is 0.598. The number of sulfonamides is 2. The van der Waals surface area contributed by atoms with Gasteiger partial charge in [0.2, 0.25) is 20.0 Å². The van der Waals surface area contributed by atoms with E-state index < -0.39 is 20.0 Å². The number of benzene rings is 1. The highest BCUT2D eigenvalue weighted by Gasteiger charge is 2.30. The molecule has 0 unspecified atom stereocenters. The van der Waals surface area contributed by atoms with E-state index in [0.717, 1.165) is 0 Å². The lowest BCUT2D eigenvalue weighted by atomic mass is 10.3. The Hall–Kier alpha value is -0.990. The summed E-state index contributed by atoms with van der Waals surface area (Å²) in [6, 6.07) is 4.47. The normalized spacial score (nSPS) is 17.9. The Kier molecular flexibility index (Phi) is 4.69. The molecule has 0 bridgehead atoms. The summed E-state index contributed by atoms with van der Waals surface area (Å²) in [5.41, 5.74) is 0.621. The zero-order valence-electron chi connectivity index (χ0n) is 11.5. The Morgan fingerprint density at radius 2 is 2.10 bits per heavy atom. The van der Waals surface area contributed by atoms with Crippen molar-refractivity contribution in [3.05, 3.63) is 23.2 Å². The maximum absolute atomic E-state index is 11.9. The van der Waals surface area contributed by atoms with Gasteiger partial charge in [0.05, 0.1) is 27.9 Å². The predicted molar refractivity (Wildman–Crippen MR) is 84.9 cm³/mol. The van der Waals surface area contributed by atoms with Gasteiger partial charge >= 0.3 is 0 Å². The smallest absolute Gasteiger partial charge is 0.235 e. The summed E-state index contributed by atoms with van der Waals surface area (Å²) in [5.74, 6) is 0.0854. The van der Waals surface area contributed by atoms with Gasteiger partial charge in [-0.2, -0.15) is 0 Å². The summed E-state index contributed by atoms with van der Waals surface area (Å²) >= 11 is 6.05. The summed E-state index contributed by atoms with van der Waals surface area (Å²) < 4.78 is 51.1. The maximum atomic E-state index is 11.9. The Morgan fingerprint density at radius 3 is 2.67 bits per heavy atom. The fourth-order valence-corrected chi connectivity index (χ4v) is 5.14. The number of nitrogens with zero attached hydrogens (tertiary/aromatic N) is 1. The van der Waals surface area contributed by atoms with Gasteiger partial charge in [0.1, 0.15) is 0 Å². The number of anilines is 2. The van der Waals surface area contributed by atoms with Crippen molar-refractivity contribution >= 4 is 43.0 Å². The average molecular weight is 353 g/mol. The van der Waals surface area contributed by atoms with Crippen LogP contribution in [0.4, 0.5) is 11.4 Å². The molecule has 1 aliphatic rings. The van der Waals surface area contributed by atoms with Crippen molar-refractivity contribution in [2.75, 3.05) is 27.1 Å². The minimum atomic E-state index is -3.43. The zero-order valence-corrected chi connectivity index (χ0v) is 13.9. The van der Waals surface area contributed by atoms with E-state index in [9.17, 15) is 16.8 Å². The zero-order chi connectivity index (χ0) is 15.7. The van der Waals surface area contributed by atoms with Gasteiger partial charge in [-0.15, -0.1) is 0 Å². The first-order chi connectivity index (χ1) is 9.75. The molecule has 1 N–H and O–H groups in total. The monoisotopic (exact) mass is 352 g/mol. The number of halogens is 1. The van der Waals surface area contributed by atoms with Gasteiger partial charge in [0.25, 0.3) is 0 Å². The first-order valence-electron chi connectivity index (χ1n) is 6.55. The van der Waals surface area contributed by atoms with Gasteiger partial charge in [0, 0.05) is 6.54 Å². The standard InChI is InChI=1S/C12H17ClN2O4S2/c1-2-7-20(16,17)14-10-4-5-11(13)12(9-10)15-6-3-8-21(15,18)19/h4-5,9,14H,2-3,6-8H2,1H3. The van der Waals surface area contributed by atoms with Gasteiger partial charge in [0.15, 0.2) is 0 Å². The molecule has 1 aromatic rings. The van der Waals surface area contributed by atoms with E-state index in [1.807, 2.05) is 0 Å². The van der Waals surface area contributed by atoms with Gasteiger partial charge in [-0.25, -0.2) is 16.8 Å². The Morgan fingerprint density at radius 1 is 1.38 bits per heavy atom. The molecule has 0 atom stereocenters. The lowest BCUT2D eigenvalue weighted by Gasteiger charge is -2.19. The predicted octanol–water partition coefficient (Wildman–Crippen LogP) is 2.03. The van der Waals surface area contributed by atoms with E-state index in [-0.39, 0.29) is 16.5 Å². The summed E-state index contributed by atoms with van der Waals surface area (Å²) in [6.07, 6.45) is 1.03. The van der Waals surface area contributed by atoms with E-state index >= 15 is 0 Å². The number of hydrogen-bond acceptors (Lipinski definition) is 4. The highest BCUT2D eigenvalue weighted by Crippen LogP contribution is 2.33. The Labute approximate surface area is 130 Å². The summed E-state index contributed by atoms with van der Waals surface area (Å²) in [4.78, 5) is 0. The van der Waals surface area contributed by atoms with E-state index in [2.05, 4.69) is 4.72 Å². The van der Waals surface area contributed by atoms with Crippen LogP contribution in [-0.2, 0) is 20.0 Å². The van der Waals surface area contributed by atoms with Crippen LogP contribution in [0, 0.1) is 0 Å². The van der Waals surface area contributed by atoms with Crippen molar-refractivity contribution < 1.29 is 16.8 Å². The van der Waals surface area contributed by atoms with Crippen LogP contribution in [0.5, 0.6) is 0 Å². The van der Waals surface area contributed by atoms with E-state index in [1.165, 1.54) is 22.5 Å². The van der Waals surface area contributed by atoms with Crippen LogP contribution in [0.25, 0.3) is 0 Å². The van der Waals surface area contributed by atoms with Crippen molar-refractivity contribution in [1.82, 2.24) is 0 Å². The minimum Gasteiger partial charge on any atom is -0.283 e. The van der Waals surface area contributed by atoms with Crippen molar-refractivity contribution in [3.8, 4) is 0 Å². The van der Waals surface area contributed by atoms with Gasteiger partial charge in [-0.3, -0.25) is 9.03 Å². The van der Waals surface area contributed by atoms with Crippen LogP contribution in [0.15, 0.2) is 18.2 Å². The fraction of sp³-hybridized carbons (Fsp3) is 0.500. The largest absolute Gasteiger partial charge is 0.283 e. The topological polar surface area (TPSA) is 83.6 Å². The molecule has 6 nitrogen and oxygen atoms in total. The van der Waals surface area contributed by atoms with Crippen molar-refractivity contribution in [3.63, 3.8) is 0 Å². The fourth-order valence-electron chi connectivity index (χ4n) is 2.18. The molecule has 0 aliphatic carbocycles. The van der Waals surface area contributed by atoms with Crippen molar-refractivity contribution in [2.24, 2.45) is 0 Å². The molecule has 0 amide bonds. The summed E-state index contributed by atoms with van der Waals surface area (Å²) in [7, 11) is -6.79. The van der Waals surface area contributed by atoms with Gasteiger partial charge in [-0.1, -0.05) is 18.5 Å². The lowest BCUT2D eigenvalue weighted by Crippen LogP contribution is -2.25. The molecule has 0 aromatic heterocycles. The number of nitrogens with one attached hydrogen (secondary N) is 1. The minimum absolute atomic E-state index is 0.00692. The van der Waals surface area contributed by atoms with Crippen LogP contribution < -0.4 is 9.03 Å². The SMILES string of the molecule is CCCS(=O)(=O)Nc1ccc(Cl)c(N2CCCS2(=O)=O)c1. The molecule has 0 spiro atoms. The Bertz CT molecular complexity index is 732. The molecule has 2 rings (SSSR count). The van der Waals surface area contributed by atoms with Crippen LogP contribution in [0.3, 0.4) is 0 Å². The first kappa shape index (κ1) is 16.4. The molecule has 9 heteroatoms. The third-order valence-corrected chi connectivity index (χ3v) is 6.73. The van der Waals surface area contributed by atoms with Crippen LogP contribution in [-0.4, -0.2) is 34.9 Å². The van der Waals surface area contributed by atoms with E-state index in [0.29, 0.717) is 30.8 Å². The molecule has 1 aliphatic heterocycles. The molecular weight excluding hydrogens is 336 g/mol. The van der Waals surface area contributed by atoms with Crippen LogP contribution >= 0.6 is 11.6 Å². The van der Waals surface area contributed by atoms with Gasteiger partial charge < -0.3 is 0 Å². The van der Waals surface area contributed by atoms with Crippen LogP contribution in [0.2, 0.25) is 5.02 Å². The molecular formula is C12H17ClN2O4S2. The summed E-state index contributed by atoms with van der Waals surface area (Å²) in [6.45, 7) is 2.12. The van der Waals surface area contributed by atoms with E-state index in [1.54, 1.807) is 6.92 Å². The highest BCUT2D eigenvalue weighted by atomic mass is 35.5. The number of hydrogen-bond donors (Lipinski definition) is 1. The molecule has 1 heterocycles. The third-order valence-electron chi connectivity index (χ3n) is 3.06. The quantitative estimate of drug-likeness (QED) is 0.878. The summed E-state index contributed by atoms with van der Waals surface area (Å²) in [5, 5.41) is 0.277. The van der Waals surface area contributed by atoms with Crippen molar-refractivity contribution in [1.29, 1.82) is 0 Å². The van der Waals surface area contributed by atoms with Gasteiger partial charge in [-0.05, 0) is 31.0 Å². The molecule has 1 aromatic carbocycles. The second-order valence-electron chi connectivity index (χ2n) is 4.83. The Balaban J connectivity index is 2.34.